The highest BCUT2D eigenvalue weighted by atomic mass is 16.6. The third-order valence-electron chi connectivity index (χ3n) is 1.95. The molecule has 0 radical (unpaired) electrons. The molecule has 11 nitrogen and oxygen atoms in total. The van der Waals surface area contributed by atoms with Gasteiger partial charge in [0, 0.05) is 0 Å². The molecular formula is C7H8N8O3. The van der Waals surface area contributed by atoms with E-state index in [-0.39, 0.29) is 24.8 Å². The minimum Gasteiger partial charge on any atom is -0.358 e. The number of carbonyl (C=O) groups is 1. The maximum absolute atomic E-state index is 11.5. The third-order valence-corrected chi connectivity index (χ3v) is 1.95. The van der Waals surface area contributed by atoms with Gasteiger partial charge in [0.15, 0.2) is 5.82 Å². The van der Waals surface area contributed by atoms with Gasteiger partial charge in [-0.25, -0.2) is 0 Å². The highest BCUT2D eigenvalue weighted by Crippen LogP contribution is 2.04. The fourth-order valence-corrected chi connectivity index (χ4v) is 1.17. The summed E-state index contributed by atoms with van der Waals surface area (Å²) in [5.41, 5.74) is 0. The lowest BCUT2D eigenvalue weighted by molar-refractivity contribution is -0.389. The van der Waals surface area contributed by atoms with Crippen molar-refractivity contribution in [2.24, 2.45) is 0 Å². The molecule has 0 saturated carbocycles. The number of hydrogen-bond acceptors (Lipinski definition) is 7. The number of tetrazole rings is 1. The fourth-order valence-electron chi connectivity index (χ4n) is 1.17. The smallest absolute Gasteiger partial charge is 0.358 e. The van der Waals surface area contributed by atoms with Crippen LogP contribution in [0.2, 0.25) is 0 Å². The molecule has 94 valence electrons. The molecule has 1 amide bonds. The average Bonchev–Trinajstić information content (AvgIpc) is 2.96. The number of nitro groups is 1. The van der Waals surface area contributed by atoms with Crippen molar-refractivity contribution >= 4 is 11.7 Å². The summed E-state index contributed by atoms with van der Waals surface area (Å²) in [6.45, 7) is 0.00435. The van der Waals surface area contributed by atoms with Gasteiger partial charge in [0.2, 0.25) is 5.91 Å². The second-order valence-corrected chi connectivity index (χ2v) is 3.23. The highest BCUT2D eigenvalue weighted by molar-refractivity contribution is 5.75. The first-order valence-electron chi connectivity index (χ1n) is 4.82. The Morgan fingerprint density at radius 2 is 2.44 bits per heavy atom. The summed E-state index contributed by atoms with van der Waals surface area (Å²) in [4.78, 5) is 21.2. The Hall–Kier alpha value is -2.85. The first kappa shape index (κ1) is 11.6. The van der Waals surface area contributed by atoms with E-state index in [1.54, 1.807) is 0 Å². The van der Waals surface area contributed by atoms with E-state index < -0.39 is 4.92 Å². The lowest BCUT2D eigenvalue weighted by Gasteiger charge is -1.99. The van der Waals surface area contributed by atoms with Crippen LogP contribution in [0.5, 0.6) is 0 Å². The van der Waals surface area contributed by atoms with E-state index in [0.717, 1.165) is 0 Å². The minimum atomic E-state index is -0.631. The van der Waals surface area contributed by atoms with Gasteiger partial charge in [0.05, 0.1) is 23.9 Å². The molecule has 0 atom stereocenters. The van der Waals surface area contributed by atoms with Crippen LogP contribution in [0.4, 0.5) is 5.82 Å². The first-order valence-corrected chi connectivity index (χ1v) is 4.82. The Balaban J connectivity index is 1.85. The second kappa shape index (κ2) is 4.99. The second-order valence-electron chi connectivity index (χ2n) is 3.23. The molecule has 0 aliphatic rings. The molecule has 2 aromatic rings. The van der Waals surface area contributed by atoms with Crippen LogP contribution in [-0.2, 0) is 17.9 Å². The Morgan fingerprint density at radius 1 is 1.61 bits per heavy atom. The molecule has 11 heteroatoms. The Labute approximate surface area is 99.3 Å². The maximum Gasteiger partial charge on any atom is 0.389 e. The van der Waals surface area contributed by atoms with Crippen LogP contribution >= 0.6 is 0 Å². The van der Waals surface area contributed by atoms with Gasteiger partial charge in [0.25, 0.3) is 0 Å². The van der Waals surface area contributed by atoms with Gasteiger partial charge in [-0.2, -0.15) is 9.90 Å². The van der Waals surface area contributed by atoms with Crippen molar-refractivity contribution in [1.29, 1.82) is 0 Å². The molecule has 0 bridgehead atoms. The van der Waals surface area contributed by atoms with Crippen molar-refractivity contribution in [3.63, 3.8) is 0 Å². The molecule has 2 aromatic heterocycles. The van der Waals surface area contributed by atoms with E-state index in [2.05, 4.69) is 31.0 Å². The van der Waals surface area contributed by atoms with Gasteiger partial charge < -0.3 is 15.4 Å². The van der Waals surface area contributed by atoms with Crippen LogP contribution in [-0.4, -0.2) is 41.2 Å². The minimum absolute atomic E-state index is 0.119. The molecule has 0 spiro atoms. The van der Waals surface area contributed by atoms with Crippen LogP contribution in [0.1, 0.15) is 5.82 Å². The van der Waals surface area contributed by atoms with Crippen molar-refractivity contribution in [2.75, 3.05) is 0 Å². The number of hydrogen-bond donors (Lipinski definition) is 2. The number of carbonyl (C=O) groups excluding carboxylic acids is 1. The van der Waals surface area contributed by atoms with Crippen LogP contribution in [0.25, 0.3) is 0 Å². The molecule has 0 saturated heterocycles. The van der Waals surface area contributed by atoms with E-state index in [1.165, 1.54) is 16.9 Å². The predicted molar refractivity (Wildman–Crippen MR) is 54.9 cm³/mol. The number of rotatable bonds is 5. The molecule has 0 aliphatic carbocycles. The van der Waals surface area contributed by atoms with Crippen LogP contribution < -0.4 is 5.32 Å². The van der Waals surface area contributed by atoms with E-state index in [9.17, 15) is 14.9 Å². The zero-order valence-electron chi connectivity index (χ0n) is 8.98. The number of nitrogens with one attached hydrogen (secondary N) is 2. The van der Waals surface area contributed by atoms with Gasteiger partial charge in [-0.3, -0.25) is 4.79 Å². The van der Waals surface area contributed by atoms with E-state index in [0.29, 0.717) is 5.82 Å². The molecule has 2 N–H and O–H groups in total. The molecule has 0 unspecified atom stereocenters. The maximum atomic E-state index is 11.5. The van der Waals surface area contributed by atoms with E-state index in [1.807, 2.05) is 0 Å². The molecule has 2 heterocycles. The number of aromatic amines is 1. The van der Waals surface area contributed by atoms with Crippen LogP contribution in [0.3, 0.4) is 0 Å². The van der Waals surface area contributed by atoms with Crippen molar-refractivity contribution < 1.29 is 9.72 Å². The van der Waals surface area contributed by atoms with Crippen LogP contribution in [0, 0.1) is 10.1 Å². The normalized spacial score (nSPS) is 10.2. The highest BCUT2D eigenvalue weighted by Gasteiger charge is 2.13. The number of H-pyrrole nitrogens is 1. The quantitative estimate of drug-likeness (QED) is 0.492. The van der Waals surface area contributed by atoms with Crippen molar-refractivity contribution in [3.8, 4) is 0 Å². The molecule has 0 fully saturated rings. The summed E-state index contributed by atoms with van der Waals surface area (Å²) in [6, 6.07) is 1.21. The van der Waals surface area contributed by atoms with Crippen molar-refractivity contribution in [2.45, 2.75) is 13.1 Å². The lowest BCUT2D eigenvalue weighted by Crippen LogP contribution is -2.27. The first-order chi connectivity index (χ1) is 8.65. The van der Waals surface area contributed by atoms with Crippen molar-refractivity contribution in [3.05, 3.63) is 28.2 Å². The van der Waals surface area contributed by atoms with Gasteiger partial charge in [-0.15, -0.1) is 10.2 Å². The summed E-state index contributed by atoms with van der Waals surface area (Å²) < 4.78 is 1.17. The van der Waals surface area contributed by atoms with Gasteiger partial charge >= 0.3 is 5.82 Å². The SMILES string of the molecule is O=C(Cn1ccc([N+](=O)[O-])n1)NCc1nn[nH]n1. The van der Waals surface area contributed by atoms with E-state index >= 15 is 0 Å². The predicted octanol–water partition coefficient (Wildman–Crippen LogP) is -1.38. The number of nitrogens with zero attached hydrogens (tertiary/aromatic N) is 6. The molecule has 2 rings (SSSR count). The average molecular weight is 252 g/mol. The van der Waals surface area contributed by atoms with Gasteiger partial charge in [0.1, 0.15) is 6.54 Å². The molecule has 18 heavy (non-hydrogen) atoms. The molecule has 0 aliphatic heterocycles. The summed E-state index contributed by atoms with van der Waals surface area (Å²) in [7, 11) is 0. The topological polar surface area (TPSA) is 145 Å². The Kier molecular flexibility index (Phi) is 3.22. The Bertz CT molecular complexity index is 547. The largest absolute Gasteiger partial charge is 0.389 e. The summed E-state index contributed by atoms with van der Waals surface area (Å²) in [6.07, 6.45) is 1.35. The lowest BCUT2D eigenvalue weighted by atomic mass is 10.5. The third kappa shape index (κ3) is 2.84. The monoisotopic (exact) mass is 252 g/mol. The summed E-state index contributed by atoms with van der Waals surface area (Å²) in [5.74, 6) is -0.325. The van der Waals surface area contributed by atoms with Crippen molar-refractivity contribution in [1.82, 2.24) is 35.7 Å². The standard InChI is InChI=1S/C7H8N8O3/c16-7(8-3-5-9-12-13-10-5)4-14-2-1-6(11-14)15(17)18/h1-2H,3-4H2,(H,8,16)(H,9,10,12,13). The Morgan fingerprint density at radius 3 is 3.06 bits per heavy atom. The fraction of sp³-hybridized carbons (Fsp3) is 0.286. The summed E-state index contributed by atoms with van der Waals surface area (Å²) >= 11 is 0. The van der Waals surface area contributed by atoms with Gasteiger partial charge in [-0.05, 0) is 4.92 Å². The van der Waals surface area contributed by atoms with Gasteiger partial charge in [-0.1, -0.05) is 5.21 Å². The number of amides is 1. The molecular weight excluding hydrogens is 244 g/mol. The zero-order valence-corrected chi connectivity index (χ0v) is 8.98. The zero-order chi connectivity index (χ0) is 13.0. The summed E-state index contributed by atoms with van der Waals surface area (Å²) in [5, 5.41) is 29.4. The van der Waals surface area contributed by atoms with Crippen LogP contribution in [0.15, 0.2) is 12.3 Å². The number of aromatic nitrogens is 6. The van der Waals surface area contributed by atoms with E-state index in [4.69, 9.17) is 0 Å². The molecule has 0 aromatic carbocycles.